The smallest absolute Gasteiger partial charge is 0.202 e. The van der Waals surface area contributed by atoms with Crippen molar-refractivity contribution in [1.29, 1.82) is 0 Å². The van der Waals surface area contributed by atoms with Crippen LogP contribution in [-0.4, -0.2) is 17.3 Å². The van der Waals surface area contributed by atoms with Crippen molar-refractivity contribution in [3.8, 4) is 0 Å². The lowest BCUT2D eigenvalue weighted by atomic mass is 9.79. The molecule has 0 atom stereocenters. The molecule has 1 aliphatic heterocycles. The van der Waals surface area contributed by atoms with Crippen LogP contribution in [-0.2, 0) is 5.41 Å². The zero-order chi connectivity index (χ0) is 11.4. The van der Waals surface area contributed by atoms with Gasteiger partial charge in [0.25, 0.3) is 0 Å². The van der Waals surface area contributed by atoms with Crippen molar-refractivity contribution < 1.29 is 4.58 Å². The summed E-state index contributed by atoms with van der Waals surface area (Å²) in [6.07, 6.45) is 0. The summed E-state index contributed by atoms with van der Waals surface area (Å²) in [5.41, 5.74) is 7.26. The molecule has 0 amide bonds. The van der Waals surface area contributed by atoms with Crippen molar-refractivity contribution in [2.24, 2.45) is 0 Å². The third kappa shape index (κ3) is 1.26. The first-order valence-electron chi connectivity index (χ1n) is 5.55. The van der Waals surface area contributed by atoms with Gasteiger partial charge in [-0.3, -0.25) is 0 Å². The Morgan fingerprint density at radius 3 is 2.27 bits per heavy atom. The van der Waals surface area contributed by atoms with Crippen LogP contribution in [0.4, 0.5) is 5.69 Å². The Kier molecular flexibility index (Phi) is 2.04. The highest BCUT2D eigenvalue weighted by Crippen LogP contribution is 2.41. The highest BCUT2D eigenvalue weighted by Gasteiger charge is 2.42. The van der Waals surface area contributed by atoms with Gasteiger partial charge in [-0.15, -0.1) is 0 Å². The van der Waals surface area contributed by atoms with Gasteiger partial charge in [0.05, 0.1) is 5.41 Å². The summed E-state index contributed by atoms with van der Waals surface area (Å²) in [6, 6.07) is 4.58. The Bertz CT molecular complexity index is 464. The van der Waals surface area contributed by atoms with Crippen LogP contribution in [0.15, 0.2) is 12.1 Å². The Hall–Kier alpha value is -1.11. The van der Waals surface area contributed by atoms with Gasteiger partial charge in [0, 0.05) is 18.6 Å². The number of hydrogen-bond donors (Lipinski definition) is 0. The third-order valence-electron chi connectivity index (χ3n) is 3.85. The number of aryl methyl sites for hydroxylation is 2. The number of rotatable bonds is 0. The maximum absolute atomic E-state index is 2.33. The molecule has 1 nitrogen and oxygen atoms in total. The van der Waals surface area contributed by atoms with E-state index in [0.29, 0.717) is 0 Å². The van der Waals surface area contributed by atoms with Crippen LogP contribution in [0.2, 0.25) is 0 Å². The first kappa shape index (κ1) is 10.4. The molecule has 1 aromatic rings. The molecule has 1 aromatic carbocycles. The van der Waals surface area contributed by atoms with Crippen LogP contribution in [0.25, 0.3) is 0 Å². The molecule has 0 aliphatic carbocycles. The van der Waals surface area contributed by atoms with Gasteiger partial charge in [-0.05, 0) is 38.8 Å². The monoisotopic (exact) mass is 202 g/mol. The maximum Gasteiger partial charge on any atom is 0.209 e. The summed E-state index contributed by atoms with van der Waals surface area (Å²) in [5, 5.41) is 0. The van der Waals surface area contributed by atoms with Gasteiger partial charge >= 0.3 is 0 Å². The molecule has 1 heterocycles. The van der Waals surface area contributed by atoms with Gasteiger partial charge in [0.1, 0.15) is 7.05 Å². The van der Waals surface area contributed by atoms with Gasteiger partial charge in [0.15, 0.2) is 5.71 Å². The predicted molar refractivity (Wildman–Crippen MR) is 65.5 cm³/mol. The summed E-state index contributed by atoms with van der Waals surface area (Å²) in [6.45, 7) is 11.2. The van der Waals surface area contributed by atoms with Gasteiger partial charge in [0.2, 0.25) is 5.69 Å². The van der Waals surface area contributed by atoms with Crippen molar-refractivity contribution in [2.75, 3.05) is 7.05 Å². The number of benzene rings is 1. The van der Waals surface area contributed by atoms with E-state index in [0.717, 1.165) is 0 Å². The Morgan fingerprint density at radius 2 is 1.67 bits per heavy atom. The van der Waals surface area contributed by atoms with E-state index in [4.69, 9.17) is 0 Å². The molecule has 1 aliphatic rings. The topological polar surface area (TPSA) is 3.01 Å². The molecule has 0 N–H and O–H groups in total. The molecule has 0 saturated heterocycles. The zero-order valence-electron chi connectivity index (χ0n) is 10.6. The molecule has 0 bridgehead atoms. The first-order valence-corrected chi connectivity index (χ1v) is 5.55. The normalized spacial score (nSPS) is 18.3. The fourth-order valence-corrected chi connectivity index (χ4v) is 2.80. The van der Waals surface area contributed by atoms with Crippen LogP contribution in [0.3, 0.4) is 0 Å². The molecule has 0 fully saturated rings. The lowest BCUT2D eigenvalue weighted by Crippen LogP contribution is -2.26. The van der Waals surface area contributed by atoms with Crippen LogP contribution in [0, 0.1) is 13.8 Å². The summed E-state index contributed by atoms with van der Waals surface area (Å²) in [4.78, 5) is 0. The van der Waals surface area contributed by atoms with Gasteiger partial charge in [-0.2, -0.15) is 0 Å². The average molecular weight is 202 g/mol. The minimum Gasteiger partial charge on any atom is -0.202 e. The molecule has 0 aromatic heterocycles. The summed E-state index contributed by atoms with van der Waals surface area (Å²) >= 11 is 0. The number of nitrogens with zero attached hydrogens (tertiary/aromatic N) is 1. The molecule has 0 spiro atoms. The van der Waals surface area contributed by atoms with Gasteiger partial charge in [-0.1, -0.05) is 6.07 Å². The minimum absolute atomic E-state index is 0.182. The lowest BCUT2D eigenvalue weighted by molar-refractivity contribution is -0.403. The van der Waals surface area contributed by atoms with E-state index in [1.54, 1.807) is 0 Å². The highest BCUT2D eigenvalue weighted by atomic mass is 15.0. The number of hydrogen-bond acceptors (Lipinski definition) is 0. The first-order chi connectivity index (χ1) is 6.85. The lowest BCUT2D eigenvalue weighted by Gasteiger charge is -2.17. The van der Waals surface area contributed by atoms with Crippen molar-refractivity contribution in [3.63, 3.8) is 0 Å². The Balaban J connectivity index is 2.81. The van der Waals surface area contributed by atoms with Gasteiger partial charge < -0.3 is 0 Å². The van der Waals surface area contributed by atoms with E-state index in [2.05, 4.69) is 58.4 Å². The SMILES string of the molecule is CC1=[N+](C)c2cc(C)cc(C)c2C1(C)C. The molecular formula is C14H20N+. The zero-order valence-corrected chi connectivity index (χ0v) is 10.6. The van der Waals surface area contributed by atoms with Crippen molar-refractivity contribution >= 4 is 11.4 Å². The van der Waals surface area contributed by atoms with E-state index in [1.807, 2.05) is 0 Å². The largest absolute Gasteiger partial charge is 0.209 e. The van der Waals surface area contributed by atoms with Crippen LogP contribution in [0.1, 0.15) is 37.5 Å². The second-order valence-corrected chi connectivity index (χ2v) is 5.25. The standard InChI is InChI=1S/C14H20N/c1-9-7-10(2)13-12(8-9)15(6)11(3)14(13,4)5/h7-8H,1-6H3/q+1. The molecule has 15 heavy (non-hydrogen) atoms. The van der Waals surface area contributed by atoms with Crippen LogP contribution < -0.4 is 0 Å². The molecular weight excluding hydrogens is 182 g/mol. The second-order valence-electron chi connectivity index (χ2n) is 5.25. The molecule has 1 heteroatoms. The van der Waals surface area contributed by atoms with E-state index >= 15 is 0 Å². The number of fused-ring (bicyclic) bond motifs is 1. The molecule has 2 rings (SSSR count). The minimum atomic E-state index is 0.182. The third-order valence-corrected chi connectivity index (χ3v) is 3.85. The van der Waals surface area contributed by atoms with E-state index in [9.17, 15) is 0 Å². The molecule has 0 unspecified atom stereocenters. The summed E-state index contributed by atoms with van der Waals surface area (Å²) in [7, 11) is 2.17. The Labute approximate surface area is 92.5 Å². The Morgan fingerprint density at radius 1 is 1.07 bits per heavy atom. The van der Waals surface area contributed by atoms with Crippen LogP contribution >= 0.6 is 0 Å². The van der Waals surface area contributed by atoms with Crippen molar-refractivity contribution in [3.05, 3.63) is 28.8 Å². The molecule has 0 radical (unpaired) electrons. The van der Waals surface area contributed by atoms with E-state index in [-0.39, 0.29) is 5.41 Å². The van der Waals surface area contributed by atoms with Crippen molar-refractivity contribution in [1.82, 2.24) is 0 Å². The fourth-order valence-electron chi connectivity index (χ4n) is 2.80. The van der Waals surface area contributed by atoms with Crippen molar-refractivity contribution in [2.45, 2.75) is 40.0 Å². The highest BCUT2D eigenvalue weighted by molar-refractivity contribution is 5.93. The second kappa shape index (κ2) is 2.94. The van der Waals surface area contributed by atoms with Crippen LogP contribution in [0.5, 0.6) is 0 Å². The van der Waals surface area contributed by atoms with E-state index < -0.39 is 0 Å². The molecule has 80 valence electrons. The van der Waals surface area contributed by atoms with Gasteiger partial charge in [-0.25, -0.2) is 4.58 Å². The maximum atomic E-state index is 2.33. The summed E-state index contributed by atoms with van der Waals surface area (Å²) in [5.74, 6) is 0. The predicted octanol–water partition coefficient (Wildman–Crippen LogP) is 3.33. The quantitative estimate of drug-likeness (QED) is 0.568. The molecule has 0 saturated carbocycles. The fraction of sp³-hybridized carbons (Fsp3) is 0.500. The average Bonchev–Trinajstić information content (AvgIpc) is 2.27. The summed E-state index contributed by atoms with van der Waals surface area (Å²) < 4.78 is 2.33. The van der Waals surface area contributed by atoms with E-state index in [1.165, 1.54) is 28.1 Å².